The number of aromatic nitrogens is 2. The van der Waals surface area contributed by atoms with Crippen LogP contribution in [0, 0.1) is 0 Å². The first-order chi connectivity index (χ1) is 23.3. The van der Waals surface area contributed by atoms with Gasteiger partial charge in [-0.1, -0.05) is 127 Å². The fraction of sp³-hybridized carbons (Fsp3) is 0. The molecule has 0 aliphatic rings. The van der Waals surface area contributed by atoms with E-state index in [1.54, 1.807) is 0 Å². The first kappa shape index (κ1) is 26.0. The molecule has 2 aromatic heterocycles. The SMILES string of the molecule is c1cncc(-c2ccc(-c3ccc4ccc5c(-c6ccc(-n7c8ccccc8c8ccccc87)cc6)ccc6ccc3c4c65)cc2)c1. The molecule has 0 bridgehead atoms. The van der Waals surface area contributed by atoms with Gasteiger partial charge in [-0.25, -0.2) is 0 Å². The zero-order valence-electron chi connectivity index (χ0n) is 25.6. The number of benzene rings is 8. The van der Waals surface area contributed by atoms with E-state index < -0.39 is 0 Å². The largest absolute Gasteiger partial charge is 0.309 e. The smallest absolute Gasteiger partial charge is 0.0541 e. The van der Waals surface area contributed by atoms with E-state index in [9.17, 15) is 0 Å². The van der Waals surface area contributed by atoms with E-state index in [-0.39, 0.29) is 0 Å². The lowest BCUT2D eigenvalue weighted by Crippen LogP contribution is -1.94. The van der Waals surface area contributed by atoms with Crippen LogP contribution in [0.5, 0.6) is 0 Å². The Morgan fingerprint density at radius 2 is 0.872 bits per heavy atom. The first-order valence-electron chi connectivity index (χ1n) is 16.1. The number of rotatable bonds is 4. The molecule has 2 heterocycles. The summed E-state index contributed by atoms with van der Waals surface area (Å²) in [5.74, 6) is 0. The molecule has 0 aliphatic heterocycles. The van der Waals surface area contributed by atoms with Gasteiger partial charge in [0, 0.05) is 28.9 Å². The third-order valence-corrected chi connectivity index (χ3v) is 9.87. The van der Waals surface area contributed by atoms with Crippen molar-refractivity contribution in [3.8, 4) is 39.1 Å². The number of hydrogen-bond donors (Lipinski definition) is 0. The third-order valence-electron chi connectivity index (χ3n) is 9.87. The van der Waals surface area contributed by atoms with Crippen LogP contribution >= 0.6 is 0 Å². The summed E-state index contributed by atoms with van der Waals surface area (Å²) < 4.78 is 2.38. The molecule has 0 saturated carbocycles. The molecule has 0 radical (unpaired) electrons. The van der Waals surface area contributed by atoms with E-state index in [0.717, 1.165) is 5.56 Å². The van der Waals surface area contributed by atoms with Crippen molar-refractivity contribution in [2.45, 2.75) is 0 Å². The second-order valence-electron chi connectivity index (χ2n) is 12.4. The molecule has 10 rings (SSSR count). The standard InChI is InChI=1S/C45H28N2/c1-3-9-42-38(7-1)39-8-2-4-10-43(39)47(42)35-21-15-31(16-22-35)37-24-18-33-19-25-40-36(23-17-32-20-26-41(37)45(33)44(32)40)30-13-11-29(12-14-30)34-6-5-27-46-28-34/h1-28H. The van der Waals surface area contributed by atoms with Crippen LogP contribution in [0.25, 0.3) is 93.2 Å². The minimum Gasteiger partial charge on any atom is -0.309 e. The fourth-order valence-corrected chi connectivity index (χ4v) is 7.67. The number of para-hydroxylation sites is 2. The highest BCUT2D eigenvalue weighted by molar-refractivity contribution is 6.27. The summed E-state index contributed by atoms with van der Waals surface area (Å²) in [5.41, 5.74) is 10.9. The summed E-state index contributed by atoms with van der Waals surface area (Å²) in [7, 11) is 0. The van der Waals surface area contributed by atoms with Crippen molar-refractivity contribution in [2.24, 2.45) is 0 Å². The van der Waals surface area contributed by atoms with E-state index in [1.807, 2.05) is 18.5 Å². The quantitative estimate of drug-likeness (QED) is 0.185. The average molecular weight is 597 g/mol. The molecular weight excluding hydrogens is 569 g/mol. The monoisotopic (exact) mass is 596 g/mol. The van der Waals surface area contributed by atoms with Gasteiger partial charge in [0.1, 0.15) is 0 Å². The minimum atomic E-state index is 1.13. The summed E-state index contributed by atoms with van der Waals surface area (Å²) in [6.45, 7) is 0. The lowest BCUT2D eigenvalue weighted by Gasteiger charge is -2.17. The Labute approximate surface area is 272 Å². The van der Waals surface area contributed by atoms with E-state index in [4.69, 9.17) is 0 Å². The van der Waals surface area contributed by atoms with Crippen molar-refractivity contribution in [1.82, 2.24) is 9.55 Å². The van der Waals surface area contributed by atoms with Crippen LogP contribution in [-0.4, -0.2) is 9.55 Å². The molecule has 0 fully saturated rings. The van der Waals surface area contributed by atoms with Gasteiger partial charge in [-0.05, 0) is 96.0 Å². The van der Waals surface area contributed by atoms with E-state index in [1.165, 1.54) is 87.6 Å². The van der Waals surface area contributed by atoms with Crippen LogP contribution in [0.2, 0.25) is 0 Å². The molecule has 0 saturated heterocycles. The molecule has 8 aromatic carbocycles. The van der Waals surface area contributed by atoms with Crippen molar-refractivity contribution in [3.63, 3.8) is 0 Å². The van der Waals surface area contributed by atoms with Gasteiger partial charge in [0.2, 0.25) is 0 Å². The zero-order chi connectivity index (χ0) is 30.9. The summed E-state index contributed by atoms with van der Waals surface area (Å²) in [5, 5.41) is 10.3. The maximum atomic E-state index is 4.29. The molecule has 0 aliphatic carbocycles. The van der Waals surface area contributed by atoms with Crippen LogP contribution < -0.4 is 0 Å². The number of pyridine rings is 1. The average Bonchev–Trinajstić information content (AvgIpc) is 3.49. The molecule has 0 unspecified atom stereocenters. The van der Waals surface area contributed by atoms with Gasteiger partial charge >= 0.3 is 0 Å². The molecule has 2 heteroatoms. The Kier molecular flexibility index (Phi) is 5.61. The van der Waals surface area contributed by atoms with E-state index in [0.29, 0.717) is 0 Å². The molecule has 0 spiro atoms. The van der Waals surface area contributed by atoms with Crippen molar-refractivity contribution in [1.29, 1.82) is 0 Å². The number of fused-ring (bicyclic) bond motifs is 3. The minimum absolute atomic E-state index is 1.13. The van der Waals surface area contributed by atoms with Crippen LogP contribution in [-0.2, 0) is 0 Å². The number of nitrogens with zero attached hydrogens (tertiary/aromatic N) is 2. The Morgan fingerprint density at radius 3 is 1.43 bits per heavy atom. The molecule has 218 valence electrons. The highest BCUT2D eigenvalue weighted by atomic mass is 15.0. The normalized spacial score (nSPS) is 11.8. The maximum absolute atomic E-state index is 4.29. The van der Waals surface area contributed by atoms with Gasteiger partial charge < -0.3 is 4.57 Å². The molecule has 0 N–H and O–H groups in total. The van der Waals surface area contributed by atoms with Gasteiger partial charge in [0.05, 0.1) is 11.0 Å². The van der Waals surface area contributed by atoms with E-state index in [2.05, 4.69) is 161 Å². The first-order valence-corrected chi connectivity index (χ1v) is 16.1. The van der Waals surface area contributed by atoms with Gasteiger partial charge in [0.15, 0.2) is 0 Å². The predicted octanol–water partition coefficient (Wildman–Crippen LogP) is 12.1. The number of hydrogen-bond acceptors (Lipinski definition) is 1. The Bertz CT molecular complexity index is 2700. The van der Waals surface area contributed by atoms with Gasteiger partial charge in [0.25, 0.3) is 0 Å². The van der Waals surface area contributed by atoms with Crippen LogP contribution in [0.3, 0.4) is 0 Å². The topological polar surface area (TPSA) is 17.8 Å². The van der Waals surface area contributed by atoms with Crippen LogP contribution in [0.4, 0.5) is 0 Å². The second-order valence-corrected chi connectivity index (χ2v) is 12.4. The molecule has 10 aromatic rings. The van der Waals surface area contributed by atoms with Crippen molar-refractivity contribution in [3.05, 3.63) is 170 Å². The maximum Gasteiger partial charge on any atom is 0.0541 e. The lowest BCUT2D eigenvalue weighted by molar-refractivity contribution is 1.18. The lowest BCUT2D eigenvalue weighted by atomic mass is 9.87. The summed E-state index contributed by atoms with van der Waals surface area (Å²) >= 11 is 0. The molecule has 2 nitrogen and oxygen atoms in total. The van der Waals surface area contributed by atoms with Crippen molar-refractivity contribution in [2.75, 3.05) is 0 Å². The summed E-state index contributed by atoms with van der Waals surface area (Å²) in [4.78, 5) is 4.29. The van der Waals surface area contributed by atoms with Gasteiger partial charge in [-0.3, -0.25) is 4.98 Å². The van der Waals surface area contributed by atoms with Crippen LogP contribution in [0.1, 0.15) is 0 Å². The summed E-state index contributed by atoms with van der Waals surface area (Å²) in [6.07, 6.45) is 3.73. The zero-order valence-corrected chi connectivity index (χ0v) is 25.6. The molecular formula is C45H28N2. The van der Waals surface area contributed by atoms with E-state index >= 15 is 0 Å². The predicted molar refractivity (Wildman–Crippen MR) is 199 cm³/mol. The van der Waals surface area contributed by atoms with Crippen LogP contribution in [0.15, 0.2) is 170 Å². The van der Waals surface area contributed by atoms with Gasteiger partial charge in [-0.15, -0.1) is 0 Å². The molecule has 0 amide bonds. The Morgan fingerprint density at radius 1 is 0.362 bits per heavy atom. The van der Waals surface area contributed by atoms with Crippen molar-refractivity contribution < 1.29 is 0 Å². The second kappa shape index (κ2) is 10.1. The highest BCUT2D eigenvalue weighted by Crippen LogP contribution is 2.43. The van der Waals surface area contributed by atoms with Gasteiger partial charge in [-0.2, -0.15) is 0 Å². The summed E-state index contributed by atoms with van der Waals surface area (Å²) in [6, 6.07) is 57.7. The Balaban J connectivity index is 1.10. The molecule has 0 atom stereocenters. The Hall–Kier alpha value is -6.25. The fourth-order valence-electron chi connectivity index (χ4n) is 7.67. The van der Waals surface area contributed by atoms with Crippen molar-refractivity contribution >= 4 is 54.1 Å². The highest BCUT2D eigenvalue weighted by Gasteiger charge is 2.16. The third kappa shape index (κ3) is 3.95. The molecule has 47 heavy (non-hydrogen) atoms.